The molecule has 1 N–H and O–H groups in total. The van der Waals surface area contributed by atoms with Crippen molar-refractivity contribution in [3.8, 4) is 0 Å². The molecular weight excluding hydrogens is 400 g/mol. The van der Waals surface area contributed by atoms with Gasteiger partial charge in [0.2, 0.25) is 0 Å². The Balaban J connectivity index is 2.17. The number of carboxylic acids is 1. The molecule has 10 heteroatoms. The number of carbonyl (C=O) groups is 2. The molecule has 146 valence electrons. The number of aromatic nitrogens is 1. The quantitative estimate of drug-likeness (QED) is 0.654. The number of hydrogen-bond acceptors (Lipinski definition) is 3. The first kappa shape index (κ1) is 19.7. The second kappa shape index (κ2) is 7.19. The van der Waals surface area contributed by atoms with Crippen molar-refractivity contribution >= 4 is 33.4 Å². The molecule has 0 saturated heterocycles. The number of carboxylic acid groups (broad SMARTS) is 1. The van der Waals surface area contributed by atoms with Gasteiger partial charge in [-0.25, -0.2) is 9.18 Å². The maximum absolute atomic E-state index is 13.5. The number of fused-ring (bicyclic) bond motifs is 1. The van der Waals surface area contributed by atoms with Gasteiger partial charge in [0.05, 0.1) is 15.8 Å². The summed E-state index contributed by atoms with van der Waals surface area (Å²) in [6, 6.07) is 6.28. The summed E-state index contributed by atoms with van der Waals surface area (Å²) in [6.07, 6.45) is -4.62. The van der Waals surface area contributed by atoms with Crippen molar-refractivity contribution in [2.24, 2.45) is 4.99 Å². The molecule has 0 aliphatic heterocycles. The van der Waals surface area contributed by atoms with Crippen molar-refractivity contribution in [3.63, 3.8) is 0 Å². The van der Waals surface area contributed by atoms with Crippen LogP contribution in [0.15, 0.2) is 47.5 Å². The molecule has 28 heavy (non-hydrogen) atoms. The highest BCUT2D eigenvalue weighted by atomic mass is 32.1. The number of halogens is 4. The molecule has 0 spiro atoms. The maximum Gasteiger partial charge on any atom is 0.416 e. The Labute approximate surface area is 159 Å². The van der Waals surface area contributed by atoms with Crippen molar-refractivity contribution in [1.29, 1.82) is 0 Å². The monoisotopic (exact) mass is 412 g/mol. The van der Waals surface area contributed by atoms with Gasteiger partial charge in [0.15, 0.2) is 4.80 Å². The predicted octanol–water partition coefficient (Wildman–Crippen LogP) is 4.25. The van der Waals surface area contributed by atoms with E-state index in [0.717, 1.165) is 29.5 Å². The van der Waals surface area contributed by atoms with E-state index in [9.17, 15) is 32.3 Å². The van der Waals surface area contributed by atoms with Gasteiger partial charge in [-0.3, -0.25) is 4.79 Å². The maximum atomic E-state index is 13.5. The van der Waals surface area contributed by atoms with Crippen LogP contribution in [0, 0.1) is 5.82 Å². The van der Waals surface area contributed by atoms with Crippen LogP contribution in [0.4, 0.5) is 17.6 Å². The number of amides is 1. The van der Waals surface area contributed by atoms with E-state index in [1.54, 1.807) is 0 Å². The number of nitrogens with zero attached hydrogens (tertiary/aromatic N) is 2. The molecule has 3 rings (SSSR count). The summed E-state index contributed by atoms with van der Waals surface area (Å²) < 4.78 is 53.6. The van der Waals surface area contributed by atoms with Gasteiger partial charge in [-0.15, -0.1) is 0 Å². The zero-order chi connectivity index (χ0) is 20.6. The first-order valence-corrected chi connectivity index (χ1v) is 8.69. The molecule has 1 amide bonds. The fourth-order valence-electron chi connectivity index (χ4n) is 2.56. The second-order valence-electron chi connectivity index (χ2n) is 5.88. The Morgan fingerprint density at radius 2 is 1.89 bits per heavy atom. The summed E-state index contributed by atoms with van der Waals surface area (Å²) >= 11 is 0.866. The third kappa shape index (κ3) is 3.81. The largest absolute Gasteiger partial charge is 0.480 e. The fraction of sp³-hybridized carbons (Fsp3) is 0.167. The third-order valence-electron chi connectivity index (χ3n) is 3.97. The molecule has 0 saturated carbocycles. The fourth-order valence-corrected chi connectivity index (χ4v) is 3.68. The smallest absolute Gasteiger partial charge is 0.416 e. The predicted molar refractivity (Wildman–Crippen MR) is 93.5 cm³/mol. The van der Waals surface area contributed by atoms with Crippen molar-refractivity contribution in [1.82, 2.24) is 4.57 Å². The Hall–Kier alpha value is -3.01. The van der Waals surface area contributed by atoms with Crippen LogP contribution in [0.1, 0.15) is 28.9 Å². The van der Waals surface area contributed by atoms with Crippen LogP contribution >= 0.6 is 11.3 Å². The Bertz CT molecular complexity index is 1150. The van der Waals surface area contributed by atoms with E-state index in [1.165, 1.54) is 29.7 Å². The van der Waals surface area contributed by atoms with Crippen LogP contribution in [0.5, 0.6) is 0 Å². The molecular formula is C18H12F4N2O3S. The van der Waals surface area contributed by atoms with Crippen LogP contribution in [-0.4, -0.2) is 21.6 Å². The number of hydrogen-bond donors (Lipinski definition) is 1. The van der Waals surface area contributed by atoms with Gasteiger partial charge in [0, 0.05) is 5.56 Å². The minimum absolute atomic E-state index is 0.0575. The van der Waals surface area contributed by atoms with E-state index in [4.69, 9.17) is 0 Å². The summed E-state index contributed by atoms with van der Waals surface area (Å²) in [6.45, 7) is 1.35. The Kier molecular flexibility index (Phi) is 5.07. The number of aliphatic carboxylic acids is 1. The van der Waals surface area contributed by atoms with Crippen LogP contribution in [0.2, 0.25) is 0 Å². The van der Waals surface area contributed by atoms with E-state index in [-0.39, 0.29) is 10.4 Å². The minimum atomic E-state index is -4.62. The third-order valence-corrected chi connectivity index (χ3v) is 4.98. The van der Waals surface area contributed by atoms with Crippen LogP contribution in [0.25, 0.3) is 10.2 Å². The molecule has 1 heterocycles. The zero-order valence-corrected chi connectivity index (χ0v) is 15.0. The first-order valence-electron chi connectivity index (χ1n) is 7.87. The van der Waals surface area contributed by atoms with Gasteiger partial charge in [0.1, 0.15) is 11.9 Å². The second-order valence-corrected chi connectivity index (χ2v) is 6.89. The number of carbonyl (C=O) groups excluding carboxylic acids is 1. The van der Waals surface area contributed by atoms with E-state index in [1.807, 2.05) is 0 Å². The van der Waals surface area contributed by atoms with Crippen molar-refractivity contribution in [2.75, 3.05) is 0 Å². The van der Waals surface area contributed by atoms with E-state index in [2.05, 4.69) is 4.99 Å². The Morgan fingerprint density at radius 1 is 1.18 bits per heavy atom. The highest BCUT2D eigenvalue weighted by Gasteiger charge is 2.31. The minimum Gasteiger partial charge on any atom is -0.480 e. The topological polar surface area (TPSA) is 71.7 Å². The van der Waals surface area contributed by atoms with Crippen LogP contribution in [-0.2, 0) is 11.0 Å². The molecule has 1 aromatic heterocycles. The lowest BCUT2D eigenvalue weighted by Crippen LogP contribution is -2.25. The normalized spacial score (nSPS) is 13.7. The van der Waals surface area contributed by atoms with Gasteiger partial charge in [-0.2, -0.15) is 18.2 Å². The van der Waals surface area contributed by atoms with E-state index >= 15 is 0 Å². The molecule has 1 atom stereocenters. The summed E-state index contributed by atoms with van der Waals surface area (Å²) in [4.78, 5) is 27.6. The average Bonchev–Trinajstić information content (AvgIpc) is 2.96. The Morgan fingerprint density at radius 3 is 2.54 bits per heavy atom. The molecule has 0 aliphatic rings. The first-order chi connectivity index (χ1) is 13.1. The van der Waals surface area contributed by atoms with Crippen LogP contribution < -0.4 is 4.80 Å². The van der Waals surface area contributed by atoms with Gasteiger partial charge < -0.3 is 9.67 Å². The van der Waals surface area contributed by atoms with Crippen molar-refractivity contribution in [3.05, 3.63) is 64.2 Å². The molecule has 0 bridgehead atoms. The lowest BCUT2D eigenvalue weighted by atomic mass is 10.1. The zero-order valence-electron chi connectivity index (χ0n) is 14.2. The highest BCUT2D eigenvalue weighted by molar-refractivity contribution is 7.16. The van der Waals surface area contributed by atoms with E-state index in [0.29, 0.717) is 16.3 Å². The number of alkyl halides is 3. The lowest BCUT2D eigenvalue weighted by Gasteiger charge is -2.10. The van der Waals surface area contributed by atoms with Crippen molar-refractivity contribution in [2.45, 2.75) is 19.1 Å². The van der Waals surface area contributed by atoms with Gasteiger partial charge in [-0.1, -0.05) is 17.4 Å². The molecule has 1 unspecified atom stereocenters. The summed E-state index contributed by atoms with van der Waals surface area (Å²) in [7, 11) is 0. The SMILES string of the molecule is CC(C(=O)O)n1c(=NC(=O)c2cccc(C(F)(F)F)c2)sc2cc(F)ccc21. The molecule has 2 aromatic carbocycles. The van der Waals surface area contributed by atoms with Gasteiger partial charge >= 0.3 is 12.1 Å². The van der Waals surface area contributed by atoms with Gasteiger partial charge in [-0.05, 0) is 43.3 Å². The number of thiazole rings is 1. The molecule has 0 radical (unpaired) electrons. The standard InChI is InChI=1S/C18H12F4N2O3S/c1-9(16(26)27)24-13-6-5-12(19)8-14(13)28-17(24)23-15(25)10-3-2-4-11(7-10)18(20,21)22/h2-9H,1H3,(H,26,27). The molecule has 0 aliphatic carbocycles. The van der Waals surface area contributed by atoms with Gasteiger partial charge in [0.25, 0.3) is 5.91 Å². The summed E-state index contributed by atoms with van der Waals surface area (Å²) in [5.41, 5.74) is -0.955. The van der Waals surface area contributed by atoms with Crippen molar-refractivity contribution < 1.29 is 32.3 Å². The number of rotatable bonds is 3. The summed E-state index contributed by atoms with van der Waals surface area (Å²) in [5.74, 6) is -2.74. The molecule has 5 nitrogen and oxygen atoms in total. The highest BCUT2D eigenvalue weighted by Crippen LogP contribution is 2.29. The molecule has 3 aromatic rings. The number of benzene rings is 2. The van der Waals surface area contributed by atoms with E-state index < -0.39 is 35.5 Å². The average molecular weight is 412 g/mol. The van der Waals surface area contributed by atoms with Crippen LogP contribution in [0.3, 0.4) is 0 Å². The molecule has 0 fully saturated rings. The lowest BCUT2D eigenvalue weighted by molar-refractivity contribution is -0.140. The summed E-state index contributed by atoms with van der Waals surface area (Å²) in [5, 5.41) is 9.33.